The Kier molecular flexibility index (Phi) is 7.44. The van der Waals surface area contributed by atoms with Crippen molar-refractivity contribution in [3.8, 4) is 0 Å². The zero-order valence-corrected chi connectivity index (χ0v) is 13.9. The molecule has 2 rings (SSSR count). The average molecular weight is 299 g/mol. The fourth-order valence-electron chi connectivity index (χ4n) is 3.66. The lowest BCUT2D eigenvalue weighted by Gasteiger charge is -2.40. The summed E-state index contributed by atoms with van der Waals surface area (Å²) in [7, 11) is 0. The first-order valence-electron chi connectivity index (χ1n) is 8.82. The van der Waals surface area contributed by atoms with E-state index in [9.17, 15) is 0 Å². The van der Waals surface area contributed by atoms with E-state index >= 15 is 0 Å². The number of rotatable bonds is 9. The molecule has 0 saturated carbocycles. The first-order chi connectivity index (χ1) is 10.3. The summed E-state index contributed by atoms with van der Waals surface area (Å²) in [5.41, 5.74) is 0.0228. The highest BCUT2D eigenvalue weighted by molar-refractivity contribution is 4.93. The van der Waals surface area contributed by atoms with Gasteiger partial charge in [-0.05, 0) is 51.5 Å². The normalized spacial score (nSPS) is 30.9. The van der Waals surface area contributed by atoms with Gasteiger partial charge >= 0.3 is 0 Å². The first-order valence-corrected chi connectivity index (χ1v) is 8.82. The second-order valence-corrected chi connectivity index (χ2v) is 6.49. The maximum atomic E-state index is 6.08. The van der Waals surface area contributed by atoms with E-state index in [2.05, 4.69) is 19.2 Å². The molecule has 1 N–H and O–H groups in total. The molecule has 0 aliphatic carbocycles. The van der Waals surface area contributed by atoms with Crippen molar-refractivity contribution in [1.29, 1.82) is 0 Å². The largest absolute Gasteiger partial charge is 0.382 e. The van der Waals surface area contributed by atoms with Gasteiger partial charge in [-0.25, -0.2) is 0 Å². The number of ether oxygens (including phenoxy) is 3. The highest BCUT2D eigenvalue weighted by Gasteiger charge is 2.42. The van der Waals surface area contributed by atoms with Crippen LogP contribution >= 0.6 is 0 Å². The molecule has 4 heteroatoms. The van der Waals surface area contributed by atoms with Crippen LogP contribution in [-0.2, 0) is 14.2 Å². The molecule has 2 aliphatic rings. The van der Waals surface area contributed by atoms with Gasteiger partial charge in [0.1, 0.15) is 0 Å². The molecule has 0 aromatic rings. The van der Waals surface area contributed by atoms with Crippen LogP contribution < -0.4 is 5.32 Å². The van der Waals surface area contributed by atoms with Crippen molar-refractivity contribution in [1.82, 2.24) is 5.32 Å². The average Bonchev–Trinajstić information content (AvgIpc) is 2.94. The maximum Gasteiger partial charge on any atom is 0.0939 e. The van der Waals surface area contributed by atoms with Crippen molar-refractivity contribution in [3.63, 3.8) is 0 Å². The van der Waals surface area contributed by atoms with Gasteiger partial charge in [0.2, 0.25) is 0 Å². The molecule has 0 radical (unpaired) electrons. The van der Waals surface area contributed by atoms with Gasteiger partial charge in [0, 0.05) is 38.9 Å². The summed E-state index contributed by atoms with van der Waals surface area (Å²) in [4.78, 5) is 0. The lowest BCUT2D eigenvalue weighted by atomic mass is 9.80. The van der Waals surface area contributed by atoms with E-state index in [4.69, 9.17) is 14.2 Å². The molecule has 0 bridgehead atoms. The summed E-state index contributed by atoms with van der Waals surface area (Å²) >= 11 is 0. The van der Waals surface area contributed by atoms with Gasteiger partial charge in [0.15, 0.2) is 0 Å². The fourth-order valence-corrected chi connectivity index (χ4v) is 3.66. The Morgan fingerprint density at radius 2 is 2.24 bits per heavy atom. The Morgan fingerprint density at radius 3 is 2.95 bits per heavy atom. The molecule has 1 spiro atoms. The lowest BCUT2D eigenvalue weighted by Crippen LogP contribution is -2.47. The third kappa shape index (κ3) is 5.20. The van der Waals surface area contributed by atoms with Gasteiger partial charge in [-0.15, -0.1) is 0 Å². The lowest BCUT2D eigenvalue weighted by molar-refractivity contribution is -0.103. The molecule has 2 saturated heterocycles. The molecule has 4 nitrogen and oxygen atoms in total. The van der Waals surface area contributed by atoms with Crippen molar-refractivity contribution in [2.75, 3.05) is 39.6 Å². The predicted molar refractivity (Wildman–Crippen MR) is 84.7 cm³/mol. The Hall–Kier alpha value is -0.160. The zero-order valence-electron chi connectivity index (χ0n) is 13.9. The standard InChI is InChI=1S/C17H33NO3/c1-3-9-18-16(6-5-10-19-4-2)15-7-11-21-17(13-15)8-12-20-14-17/h15-16,18H,3-14H2,1-2H3. The van der Waals surface area contributed by atoms with Gasteiger partial charge in [0.25, 0.3) is 0 Å². The zero-order chi connectivity index (χ0) is 15.0. The Labute approximate surface area is 129 Å². The van der Waals surface area contributed by atoms with Crippen LogP contribution in [-0.4, -0.2) is 51.2 Å². The molecule has 3 unspecified atom stereocenters. The van der Waals surface area contributed by atoms with E-state index in [-0.39, 0.29) is 5.60 Å². The van der Waals surface area contributed by atoms with Crippen molar-refractivity contribution in [2.45, 2.75) is 64.0 Å². The molecule has 2 fully saturated rings. The molecule has 2 aliphatic heterocycles. The number of hydrogen-bond acceptors (Lipinski definition) is 4. The van der Waals surface area contributed by atoms with E-state index < -0.39 is 0 Å². The second kappa shape index (κ2) is 9.09. The maximum absolute atomic E-state index is 6.08. The predicted octanol–water partition coefficient (Wildman–Crippen LogP) is 2.76. The van der Waals surface area contributed by atoms with Gasteiger partial charge in [0.05, 0.1) is 12.2 Å². The van der Waals surface area contributed by atoms with E-state index in [1.165, 1.54) is 19.3 Å². The van der Waals surface area contributed by atoms with Crippen LogP contribution in [0.15, 0.2) is 0 Å². The van der Waals surface area contributed by atoms with Crippen LogP contribution in [0.2, 0.25) is 0 Å². The minimum Gasteiger partial charge on any atom is -0.382 e. The van der Waals surface area contributed by atoms with E-state index in [1.807, 2.05) is 0 Å². The summed E-state index contributed by atoms with van der Waals surface area (Å²) in [5, 5.41) is 3.77. The molecular formula is C17H33NO3. The Morgan fingerprint density at radius 1 is 1.33 bits per heavy atom. The van der Waals surface area contributed by atoms with E-state index in [0.717, 1.165) is 58.8 Å². The minimum absolute atomic E-state index is 0.0228. The third-order valence-electron chi connectivity index (χ3n) is 4.83. The SMILES string of the molecule is CCCNC(CCCOCC)C1CCOC2(CCOC2)C1. The van der Waals surface area contributed by atoms with Crippen molar-refractivity contribution in [2.24, 2.45) is 5.92 Å². The monoisotopic (exact) mass is 299 g/mol. The summed E-state index contributed by atoms with van der Waals surface area (Å²) in [6.07, 6.45) is 6.96. The van der Waals surface area contributed by atoms with Gasteiger partial charge < -0.3 is 19.5 Å². The molecule has 3 atom stereocenters. The van der Waals surface area contributed by atoms with Crippen LogP contribution in [0.5, 0.6) is 0 Å². The molecule has 2 heterocycles. The van der Waals surface area contributed by atoms with Gasteiger partial charge in [-0.1, -0.05) is 6.92 Å². The smallest absolute Gasteiger partial charge is 0.0939 e. The van der Waals surface area contributed by atoms with Crippen LogP contribution in [0.25, 0.3) is 0 Å². The fraction of sp³-hybridized carbons (Fsp3) is 1.00. The molecule has 21 heavy (non-hydrogen) atoms. The Bertz CT molecular complexity index is 279. The highest BCUT2D eigenvalue weighted by atomic mass is 16.6. The molecule has 0 amide bonds. The Balaban J connectivity index is 1.85. The first kappa shape index (κ1) is 17.2. The van der Waals surface area contributed by atoms with Crippen molar-refractivity contribution < 1.29 is 14.2 Å². The summed E-state index contributed by atoms with van der Waals surface area (Å²) in [5.74, 6) is 0.716. The highest BCUT2D eigenvalue weighted by Crippen LogP contribution is 2.37. The van der Waals surface area contributed by atoms with E-state index in [0.29, 0.717) is 12.0 Å². The van der Waals surface area contributed by atoms with Crippen molar-refractivity contribution in [3.05, 3.63) is 0 Å². The quantitative estimate of drug-likeness (QED) is 0.665. The topological polar surface area (TPSA) is 39.7 Å². The molecule has 0 aromatic heterocycles. The van der Waals surface area contributed by atoms with Gasteiger partial charge in [-0.3, -0.25) is 0 Å². The van der Waals surface area contributed by atoms with Crippen LogP contribution in [0, 0.1) is 5.92 Å². The van der Waals surface area contributed by atoms with Crippen LogP contribution in [0.4, 0.5) is 0 Å². The third-order valence-corrected chi connectivity index (χ3v) is 4.83. The molecule has 124 valence electrons. The van der Waals surface area contributed by atoms with Crippen LogP contribution in [0.1, 0.15) is 52.4 Å². The van der Waals surface area contributed by atoms with Crippen molar-refractivity contribution >= 4 is 0 Å². The number of nitrogens with one attached hydrogen (secondary N) is 1. The summed E-state index contributed by atoms with van der Waals surface area (Å²) < 4.78 is 17.2. The van der Waals surface area contributed by atoms with E-state index in [1.54, 1.807) is 0 Å². The van der Waals surface area contributed by atoms with Gasteiger partial charge in [-0.2, -0.15) is 0 Å². The number of hydrogen-bond donors (Lipinski definition) is 1. The molecule has 0 aromatic carbocycles. The second-order valence-electron chi connectivity index (χ2n) is 6.49. The molecular weight excluding hydrogens is 266 g/mol. The summed E-state index contributed by atoms with van der Waals surface area (Å²) in [6, 6.07) is 0.604. The minimum atomic E-state index is 0.0228. The van der Waals surface area contributed by atoms with Crippen LogP contribution in [0.3, 0.4) is 0 Å². The summed E-state index contributed by atoms with van der Waals surface area (Å²) in [6.45, 7) is 9.68.